The van der Waals surface area contributed by atoms with E-state index in [1.54, 1.807) is 18.5 Å². The van der Waals surface area contributed by atoms with Crippen molar-refractivity contribution < 1.29 is 4.92 Å². The van der Waals surface area contributed by atoms with Crippen molar-refractivity contribution in [2.75, 3.05) is 11.9 Å². The Kier molecular flexibility index (Phi) is 3.28. The second kappa shape index (κ2) is 4.59. The average Bonchev–Trinajstić information content (AvgIpc) is 2.84. The number of nitrogens with one attached hydrogen (secondary N) is 1. The van der Waals surface area contributed by atoms with Gasteiger partial charge in [-0.3, -0.25) is 4.57 Å². The van der Waals surface area contributed by atoms with E-state index in [0.717, 1.165) is 6.54 Å². The van der Waals surface area contributed by atoms with Gasteiger partial charge in [0, 0.05) is 20.5 Å². The molecule has 0 amide bonds. The molecule has 18 heavy (non-hydrogen) atoms. The first-order valence-electron chi connectivity index (χ1n) is 6.34. The molecule has 1 heterocycles. The maximum Gasteiger partial charge on any atom is 0.406 e. The molecule has 1 aliphatic rings. The van der Waals surface area contributed by atoms with E-state index in [9.17, 15) is 10.1 Å². The SMILES string of the molecule is Cc1nc([N+](=O)[O-])c(NCC2(C)CCCC2)n1C. The van der Waals surface area contributed by atoms with Crippen LogP contribution in [0.1, 0.15) is 38.4 Å². The summed E-state index contributed by atoms with van der Waals surface area (Å²) < 4.78 is 1.75. The standard InChI is InChI=1S/C12H20N4O2/c1-9-14-11(16(17)18)10(15(9)3)13-8-12(2)6-4-5-7-12/h13H,4-8H2,1-3H3. The highest BCUT2D eigenvalue weighted by molar-refractivity contribution is 5.53. The second-order valence-corrected chi connectivity index (χ2v) is 5.52. The Morgan fingerprint density at radius 1 is 1.50 bits per heavy atom. The summed E-state index contributed by atoms with van der Waals surface area (Å²) in [6, 6.07) is 0. The van der Waals surface area contributed by atoms with Crippen LogP contribution in [0.25, 0.3) is 0 Å². The van der Waals surface area contributed by atoms with Crippen molar-refractivity contribution in [2.45, 2.75) is 39.5 Å². The Hall–Kier alpha value is -1.59. The fourth-order valence-corrected chi connectivity index (χ4v) is 2.62. The van der Waals surface area contributed by atoms with Crippen molar-refractivity contribution in [3.8, 4) is 0 Å². The summed E-state index contributed by atoms with van der Waals surface area (Å²) in [4.78, 5) is 14.5. The molecule has 1 N–H and O–H groups in total. The van der Waals surface area contributed by atoms with E-state index >= 15 is 0 Å². The van der Waals surface area contributed by atoms with Gasteiger partial charge in [0.1, 0.15) is 0 Å². The Morgan fingerprint density at radius 2 is 2.11 bits per heavy atom. The zero-order valence-corrected chi connectivity index (χ0v) is 11.2. The third kappa shape index (κ3) is 2.32. The van der Waals surface area contributed by atoms with Crippen molar-refractivity contribution in [3.63, 3.8) is 0 Å². The van der Waals surface area contributed by atoms with E-state index in [2.05, 4.69) is 17.2 Å². The molecule has 0 spiro atoms. The lowest BCUT2D eigenvalue weighted by Gasteiger charge is -2.24. The zero-order chi connectivity index (χ0) is 13.3. The van der Waals surface area contributed by atoms with Crippen LogP contribution >= 0.6 is 0 Å². The monoisotopic (exact) mass is 252 g/mol. The lowest BCUT2D eigenvalue weighted by Crippen LogP contribution is -2.24. The van der Waals surface area contributed by atoms with Crippen LogP contribution in [0.2, 0.25) is 0 Å². The second-order valence-electron chi connectivity index (χ2n) is 5.52. The van der Waals surface area contributed by atoms with Gasteiger partial charge in [-0.15, -0.1) is 0 Å². The van der Waals surface area contributed by atoms with E-state index < -0.39 is 4.92 Å². The van der Waals surface area contributed by atoms with Crippen molar-refractivity contribution in [1.29, 1.82) is 0 Å². The quantitative estimate of drug-likeness (QED) is 0.660. The molecule has 0 atom stereocenters. The van der Waals surface area contributed by atoms with E-state index in [0.29, 0.717) is 11.6 Å². The van der Waals surface area contributed by atoms with Gasteiger partial charge < -0.3 is 15.4 Å². The van der Waals surface area contributed by atoms with Gasteiger partial charge in [0.2, 0.25) is 11.6 Å². The third-order valence-electron chi connectivity index (χ3n) is 3.97. The van der Waals surface area contributed by atoms with E-state index in [1.165, 1.54) is 25.7 Å². The van der Waals surface area contributed by atoms with Gasteiger partial charge in [-0.2, -0.15) is 0 Å². The summed E-state index contributed by atoms with van der Waals surface area (Å²) in [5.74, 6) is 1.10. The molecule has 1 aromatic heterocycles. The lowest BCUT2D eigenvalue weighted by molar-refractivity contribution is -0.388. The van der Waals surface area contributed by atoms with Gasteiger partial charge in [0.25, 0.3) is 0 Å². The van der Waals surface area contributed by atoms with Crippen LogP contribution < -0.4 is 5.32 Å². The Morgan fingerprint density at radius 3 is 2.67 bits per heavy atom. The predicted octanol–water partition coefficient (Wildman–Crippen LogP) is 2.63. The average molecular weight is 252 g/mol. The molecule has 1 fully saturated rings. The van der Waals surface area contributed by atoms with Gasteiger partial charge in [-0.25, -0.2) is 0 Å². The summed E-state index contributed by atoms with van der Waals surface area (Å²) in [5, 5.41) is 14.2. The smallest absolute Gasteiger partial charge is 0.364 e. The molecule has 0 radical (unpaired) electrons. The first kappa shape index (κ1) is 12.9. The molecule has 1 aromatic rings. The third-order valence-corrected chi connectivity index (χ3v) is 3.97. The summed E-state index contributed by atoms with van der Waals surface area (Å²) >= 11 is 0. The van der Waals surface area contributed by atoms with Gasteiger partial charge >= 0.3 is 5.82 Å². The molecule has 6 nitrogen and oxygen atoms in total. The van der Waals surface area contributed by atoms with Crippen LogP contribution in [0.3, 0.4) is 0 Å². The lowest BCUT2D eigenvalue weighted by atomic mass is 9.89. The zero-order valence-electron chi connectivity index (χ0n) is 11.2. The minimum atomic E-state index is -0.424. The molecule has 0 saturated heterocycles. The number of nitro groups is 1. The number of nitrogens with zero attached hydrogens (tertiary/aromatic N) is 3. The molecule has 2 rings (SSSR count). The Balaban J connectivity index is 2.15. The van der Waals surface area contributed by atoms with Gasteiger partial charge in [0.15, 0.2) is 0 Å². The minimum Gasteiger partial charge on any atom is -0.364 e. The number of aromatic nitrogens is 2. The largest absolute Gasteiger partial charge is 0.406 e. The molecule has 100 valence electrons. The molecule has 1 aliphatic carbocycles. The van der Waals surface area contributed by atoms with Gasteiger partial charge in [-0.05, 0) is 28.2 Å². The number of aryl methyl sites for hydroxylation is 1. The fraction of sp³-hybridized carbons (Fsp3) is 0.750. The summed E-state index contributed by atoms with van der Waals surface area (Å²) in [6.07, 6.45) is 4.88. The summed E-state index contributed by atoms with van der Waals surface area (Å²) in [7, 11) is 1.80. The topological polar surface area (TPSA) is 73.0 Å². The van der Waals surface area contributed by atoms with Crippen LogP contribution in [-0.2, 0) is 7.05 Å². The maximum absolute atomic E-state index is 11.0. The fourth-order valence-electron chi connectivity index (χ4n) is 2.62. The summed E-state index contributed by atoms with van der Waals surface area (Å²) in [6.45, 7) is 4.78. The molecular weight excluding hydrogens is 232 g/mol. The van der Waals surface area contributed by atoms with Crippen molar-refractivity contribution in [1.82, 2.24) is 9.55 Å². The molecule has 0 unspecified atom stereocenters. The van der Waals surface area contributed by atoms with Crippen molar-refractivity contribution in [2.24, 2.45) is 12.5 Å². The normalized spacial score (nSPS) is 17.9. The number of anilines is 1. The van der Waals surface area contributed by atoms with Crippen molar-refractivity contribution >= 4 is 11.6 Å². The van der Waals surface area contributed by atoms with E-state index in [4.69, 9.17) is 0 Å². The van der Waals surface area contributed by atoms with Crippen LogP contribution in [-0.4, -0.2) is 21.0 Å². The highest BCUT2D eigenvalue weighted by atomic mass is 16.6. The van der Waals surface area contributed by atoms with Crippen LogP contribution in [0, 0.1) is 22.5 Å². The van der Waals surface area contributed by atoms with Gasteiger partial charge in [0.05, 0.1) is 0 Å². The predicted molar refractivity (Wildman–Crippen MR) is 69.7 cm³/mol. The molecular formula is C12H20N4O2. The Bertz CT molecular complexity index is 461. The van der Waals surface area contributed by atoms with Crippen LogP contribution in [0.4, 0.5) is 11.6 Å². The van der Waals surface area contributed by atoms with Crippen LogP contribution in [0.15, 0.2) is 0 Å². The highest BCUT2D eigenvalue weighted by Gasteiger charge is 2.31. The first-order valence-corrected chi connectivity index (χ1v) is 6.34. The Labute approximate surface area is 107 Å². The molecule has 0 aromatic carbocycles. The minimum absolute atomic E-state index is 0.0726. The molecule has 6 heteroatoms. The summed E-state index contributed by atoms with van der Waals surface area (Å²) in [5.41, 5.74) is 0.256. The van der Waals surface area contributed by atoms with Gasteiger partial charge in [-0.1, -0.05) is 19.8 Å². The number of hydrogen-bond donors (Lipinski definition) is 1. The number of imidazole rings is 1. The van der Waals surface area contributed by atoms with E-state index in [1.807, 2.05) is 0 Å². The highest BCUT2D eigenvalue weighted by Crippen LogP contribution is 2.38. The maximum atomic E-state index is 11.0. The molecule has 1 saturated carbocycles. The van der Waals surface area contributed by atoms with Crippen molar-refractivity contribution in [3.05, 3.63) is 15.9 Å². The number of hydrogen-bond acceptors (Lipinski definition) is 4. The van der Waals surface area contributed by atoms with E-state index in [-0.39, 0.29) is 11.2 Å². The van der Waals surface area contributed by atoms with Crippen LogP contribution in [0.5, 0.6) is 0 Å². The number of rotatable bonds is 4. The molecule has 0 aliphatic heterocycles. The molecule has 0 bridgehead atoms. The first-order chi connectivity index (χ1) is 8.43.